The number of ether oxygens (including phenoxy) is 2. The van der Waals surface area contributed by atoms with E-state index in [1.165, 1.54) is 0 Å². The number of hydrogen-bond donors (Lipinski definition) is 0. The molecule has 4 aromatic rings. The fourth-order valence-electron chi connectivity index (χ4n) is 3.30. The van der Waals surface area contributed by atoms with E-state index in [4.69, 9.17) is 13.9 Å². The molecule has 0 saturated carbocycles. The second-order valence-corrected chi connectivity index (χ2v) is 8.91. The van der Waals surface area contributed by atoms with E-state index in [0.717, 1.165) is 42.7 Å². The Morgan fingerprint density at radius 2 is 1.25 bits per heavy atom. The van der Waals surface area contributed by atoms with Crippen LogP contribution in [0.1, 0.15) is 11.3 Å². The van der Waals surface area contributed by atoms with Gasteiger partial charge in [-0.1, -0.05) is 50.1 Å². The van der Waals surface area contributed by atoms with Crippen molar-refractivity contribution in [2.45, 2.75) is 0 Å². The second kappa shape index (κ2) is 10.2. The first-order valence-corrected chi connectivity index (χ1v) is 11.5. The molecule has 0 atom stereocenters. The molecule has 1 heterocycles. The Morgan fingerprint density at radius 3 is 1.88 bits per heavy atom. The summed E-state index contributed by atoms with van der Waals surface area (Å²) in [7, 11) is 3.26. The number of halogens is 2. The first-order valence-electron chi connectivity index (χ1n) is 9.96. The summed E-state index contributed by atoms with van der Waals surface area (Å²) in [5.74, 6) is 2.93. The van der Waals surface area contributed by atoms with E-state index in [-0.39, 0.29) is 0 Å². The summed E-state index contributed by atoms with van der Waals surface area (Å²) in [6.07, 6.45) is 3.96. The Balaban J connectivity index is 1.76. The fourth-order valence-corrected chi connectivity index (χ4v) is 3.83. The van der Waals surface area contributed by atoms with Crippen LogP contribution in [0, 0.1) is 0 Å². The molecule has 0 N–H and O–H groups in total. The Hall–Kier alpha value is -2.89. The third-order valence-corrected chi connectivity index (χ3v) is 6.02. The van der Waals surface area contributed by atoms with Crippen LogP contribution in [0.15, 0.2) is 92.2 Å². The molecule has 0 radical (unpaired) electrons. The van der Waals surface area contributed by atoms with Gasteiger partial charge in [-0.3, -0.25) is 0 Å². The summed E-state index contributed by atoms with van der Waals surface area (Å²) in [4.78, 5) is 0. The minimum Gasteiger partial charge on any atom is -0.493 e. The van der Waals surface area contributed by atoms with Crippen LogP contribution in [0.4, 0.5) is 0 Å². The summed E-state index contributed by atoms with van der Waals surface area (Å²) in [6.45, 7) is 0. The molecule has 3 aromatic carbocycles. The van der Waals surface area contributed by atoms with Crippen LogP contribution in [0.2, 0.25) is 0 Å². The predicted octanol–water partition coefficient (Wildman–Crippen LogP) is 8.61. The maximum atomic E-state index is 6.25. The molecular formula is C27H21Br2O3+. The van der Waals surface area contributed by atoms with E-state index in [1.807, 2.05) is 72.8 Å². The second-order valence-electron chi connectivity index (χ2n) is 7.07. The van der Waals surface area contributed by atoms with Crippen LogP contribution >= 0.6 is 31.9 Å². The number of methoxy groups -OCH3 is 2. The molecule has 0 aliphatic rings. The summed E-state index contributed by atoms with van der Waals surface area (Å²) < 4.78 is 19.1. The normalized spacial score (nSPS) is 11.0. The zero-order valence-corrected chi connectivity index (χ0v) is 20.8. The first kappa shape index (κ1) is 22.3. The molecule has 5 heteroatoms. The van der Waals surface area contributed by atoms with Gasteiger partial charge in [0.1, 0.15) is 0 Å². The molecule has 0 saturated heterocycles. The fraction of sp³-hybridized carbons (Fsp3) is 0.0741. The molecule has 160 valence electrons. The minimum atomic E-state index is 0.686. The van der Waals surface area contributed by atoms with E-state index in [9.17, 15) is 0 Å². The molecule has 0 fully saturated rings. The van der Waals surface area contributed by atoms with Crippen molar-refractivity contribution in [1.29, 1.82) is 0 Å². The number of hydrogen-bond acceptors (Lipinski definition) is 2. The highest BCUT2D eigenvalue weighted by Gasteiger charge is 2.17. The first-order chi connectivity index (χ1) is 15.6. The van der Waals surface area contributed by atoms with Crippen molar-refractivity contribution in [3.63, 3.8) is 0 Å². The molecule has 0 spiro atoms. The average molecular weight is 553 g/mol. The summed E-state index contributed by atoms with van der Waals surface area (Å²) >= 11 is 7.01. The molecule has 0 bridgehead atoms. The maximum absolute atomic E-state index is 6.25. The highest BCUT2D eigenvalue weighted by atomic mass is 79.9. The zero-order valence-electron chi connectivity index (χ0n) is 17.6. The van der Waals surface area contributed by atoms with Gasteiger partial charge < -0.3 is 9.47 Å². The largest absolute Gasteiger partial charge is 0.493 e. The summed E-state index contributed by atoms with van der Waals surface area (Å²) in [6, 6.07) is 26.3. The average Bonchev–Trinajstić information content (AvgIpc) is 2.83. The molecule has 0 aliphatic carbocycles. The topological polar surface area (TPSA) is 29.8 Å². The van der Waals surface area contributed by atoms with Gasteiger partial charge in [0.15, 0.2) is 11.5 Å². The van der Waals surface area contributed by atoms with Crippen LogP contribution in [0.25, 0.3) is 34.6 Å². The molecule has 0 aliphatic heterocycles. The van der Waals surface area contributed by atoms with Crippen LogP contribution in [0.3, 0.4) is 0 Å². The van der Waals surface area contributed by atoms with Gasteiger partial charge >= 0.3 is 11.5 Å². The monoisotopic (exact) mass is 551 g/mol. The van der Waals surface area contributed by atoms with Crippen molar-refractivity contribution < 1.29 is 13.9 Å². The predicted molar refractivity (Wildman–Crippen MR) is 138 cm³/mol. The van der Waals surface area contributed by atoms with Gasteiger partial charge in [-0.25, -0.2) is 4.42 Å². The van der Waals surface area contributed by atoms with Crippen molar-refractivity contribution in [1.82, 2.24) is 0 Å². The van der Waals surface area contributed by atoms with Gasteiger partial charge in [0.05, 0.1) is 31.9 Å². The van der Waals surface area contributed by atoms with E-state index >= 15 is 0 Å². The lowest BCUT2D eigenvalue weighted by atomic mass is 10.0. The molecule has 3 nitrogen and oxygen atoms in total. The Morgan fingerprint density at radius 1 is 0.625 bits per heavy atom. The van der Waals surface area contributed by atoms with Crippen molar-refractivity contribution in [3.05, 3.63) is 99.1 Å². The van der Waals surface area contributed by atoms with Crippen LogP contribution in [0.5, 0.6) is 11.5 Å². The SMILES string of the molecule is COc1ccc(/C=C/c2cc(-c3ccc(Br)cc3)cc(-c3ccc(Br)cc3)[o+]2)cc1OC. The number of rotatable bonds is 6. The van der Waals surface area contributed by atoms with E-state index in [0.29, 0.717) is 11.5 Å². The van der Waals surface area contributed by atoms with Crippen molar-refractivity contribution >= 4 is 44.0 Å². The maximum Gasteiger partial charge on any atom is 0.361 e. The highest BCUT2D eigenvalue weighted by Crippen LogP contribution is 2.32. The summed E-state index contributed by atoms with van der Waals surface area (Å²) in [5, 5.41) is 0. The van der Waals surface area contributed by atoms with Crippen molar-refractivity contribution in [2.24, 2.45) is 0 Å². The van der Waals surface area contributed by atoms with Gasteiger partial charge in [0, 0.05) is 20.6 Å². The van der Waals surface area contributed by atoms with Crippen molar-refractivity contribution in [3.8, 4) is 33.9 Å². The lowest BCUT2D eigenvalue weighted by Crippen LogP contribution is -1.90. The molecule has 1 aromatic heterocycles. The quantitative estimate of drug-likeness (QED) is 0.224. The number of benzene rings is 3. The van der Waals surface area contributed by atoms with Gasteiger partial charge in [0.25, 0.3) is 0 Å². The van der Waals surface area contributed by atoms with E-state index in [1.54, 1.807) is 14.2 Å². The van der Waals surface area contributed by atoms with Gasteiger partial charge in [-0.05, 0) is 65.7 Å². The van der Waals surface area contributed by atoms with Gasteiger partial charge in [-0.2, -0.15) is 0 Å². The molecule has 0 unspecified atom stereocenters. The molecule has 0 amide bonds. The lowest BCUT2D eigenvalue weighted by Gasteiger charge is -2.07. The highest BCUT2D eigenvalue weighted by molar-refractivity contribution is 9.10. The van der Waals surface area contributed by atoms with Gasteiger partial charge in [0.2, 0.25) is 0 Å². The van der Waals surface area contributed by atoms with Gasteiger partial charge in [-0.15, -0.1) is 0 Å². The smallest absolute Gasteiger partial charge is 0.361 e. The molecule has 32 heavy (non-hydrogen) atoms. The van der Waals surface area contributed by atoms with Crippen molar-refractivity contribution in [2.75, 3.05) is 14.2 Å². The standard InChI is InChI=1S/C27H21Br2O3/c1-30-25-14-4-18(15-27(25)31-2)3-13-24-16-21(19-5-9-22(28)10-6-19)17-26(32-24)20-7-11-23(29)12-8-20/h3-17H,1-2H3/q+1/b13-3+. The minimum absolute atomic E-state index is 0.686. The Bertz CT molecular complexity index is 1180. The van der Waals surface area contributed by atoms with E-state index in [2.05, 4.69) is 50.1 Å². The van der Waals surface area contributed by atoms with Crippen LogP contribution < -0.4 is 9.47 Å². The third-order valence-electron chi connectivity index (χ3n) is 4.97. The zero-order chi connectivity index (χ0) is 22.5. The van der Waals surface area contributed by atoms with E-state index < -0.39 is 0 Å². The lowest BCUT2D eigenvalue weighted by molar-refractivity contribution is 0.355. The third kappa shape index (κ3) is 5.29. The van der Waals surface area contributed by atoms with Crippen LogP contribution in [-0.4, -0.2) is 14.2 Å². The molecular weight excluding hydrogens is 532 g/mol. The van der Waals surface area contributed by atoms with Crippen LogP contribution in [-0.2, 0) is 0 Å². The Kier molecular flexibility index (Phi) is 7.08. The summed E-state index contributed by atoms with van der Waals surface area (Å²) in [5.41, 5.74) is 4.18. The Labute approximate surface area is 204 Å². The molecule has 4 rings (SSSR count).